The number of carbonyl (C=O) groups excluding carboxylic acids is 1. The Balaban J connectivity index is 1.23. The monoisotopic (exact) mass is 475 g/mol. The van der Waals surface area contributed by atoms with Crippen molar-refractivity contribution in [3.63, 3.8) is 0 Å². The molecular weight excluding hydrogens is 450 g/mol. The molecule has 34 heavy (non-hydrogen) atoms. The number of hydrogen-bond donors (Lipinski definition) is 1. The summed E-state index contributed by atoms with van der Waals surface area (Å²) in [5.41, 5.74) is 6.08. The third kappa shape index (κ3) is 4.73. The molecule has 2 aromatic carbocycles. The summed E-state index contributed by atoms with van der Waals surface area (Å²) in [6, 6.07) is 17.3. The Morgan fingerprint density at radius 3 is 2.82 bits per heavy atom. The Morgan fingerprint density at radius 1 is 1.12 bits per heavy atom. The molecule has 0 saturated carbocycles. The van der Waals surface area contributed by atoms with Crippen LogP contribution in [0, 0.1) is 13.8 Å². The SMILES string of the molecule is Cc1nn(Cc2cccc(Cl)c2)c(C)c1NC(=O)c1ccc(COc2ccc3c(c2)CCC3)o1. The van der Waals surface area contributed by atoms with Gasteiger partial charge >= 0.3 is 0 Å². The maximum absolute atomic E-state index is 12.8. The number of aromatic nitrogens is 2. The topological polar surface area (TPSA) is 69.3 Å². The van der Waals surface area contributed by atoms with Gasteiger partial charge in [0.25, 0.3) is 5.91 Å². The van der Waals surface area contributed by atoms with Gasteiger partial charge in [-0.25, -0.2) is 0 Å². The summed E-state index contributed by atoms with van der Waals surface area (Å²) in [6.45, 7) is 4.63. The van der Waals surface area contributed by atoms with E-state index in [-0.39, 0.29) is 18.3 Å². The first-order chi connectivity index (χ1) is 16.5. The van der Waals surface area contributed by atoms with Crippen molar-refractivity contribution in [2.75, 3.05) is 5.32 Å². The predicted molar refractivity (Wildman–Crippen MR) is 132 cm³/mol. The highest BCUT2D eigenvalue weighted by Crippen LogP contribution is 2.27. The summed E-state index contributed by atoms with van der Waals surface area (Å²) in [5, 5.41) is 8.21. The molecule has 174 valence electrons. The standard InChI is InChI=1S/C27H26ClN3O3/c1-17-26(18(2)31(30-17)15-19-5-3-8-22(28)13-19)29-27(32)25-12-11-24(34-25)16-33-23-10-9-20-6-4-7-21(20)14-23/h3,5,8-14H,4,6-7,15-16H2,1-2H3,(H,29,32). The third-order valence-corrected chi connectivity index (χ3v) is 6.41. The molecule has 4 aromatic rings. The number of aryl methyl sites for hydroxylation is 3. The molecule has 2 aromatic heterocycles. The van der Waals surface area contributed by atoms with E-state index >= 15 is 0 Å². The average Bonchev–Trinajstić information content (AvgIpc) is 3.54. The van der Waals surface area contributed by atoms with Gasteiger partial charge in [-0.15, -0.1) is 0 Å². The normalized spacial score (nSPS) is 12.6. The number of ether oxygens (including phenoxy) is 1. The number of nitrogens with zero attached hydrogens (tertiary/aromatic N) is 2. The van der Waals surface area contributed by atoms with Crippen molar-refractivity contribution in [2.45, 2.75) is 46.3 Å². The van der Waals surface area contributed by atoms with Gasteiger partial charge in [-0.2, -0.15) is 5.10 Å². The van der Waals surface area contributed by atoms with E-state index < -0.39 is 0 Å². The molecule has 1 N–H and O–H groups in total. The Morgan fingerprint density at radius 2 is 1.97 bits per heavy atom. The van der Waals surface area contributed by atoms with Crippen molar-refractivity contribution in [1.29, 1.82) is 0 Å². The van der Waals surface area contributed by atoms with Crippen molar-refractivity contribution in [2.24, 2.45) is 0 Å². The van der Waals surface area contributed by atoms with Crippen molar-refractivity contribution >= 4 is 23.2 Å². The van der Waals surface area contributed by atoms with Gasteiger partial charge in [-0.05, 0) is 86.2 Å². The van der Waals surface area contributed by atoms with Crippen LogP contribution in [0.25, 0.3) is 0 Å². The number of furan rings is 1. The molecule has 1 aliphatic rings. The summed E-state index contributed by atoms with van der Waals surface area (Å²) >= 11 is 6.10. The predicted octanol–water partition coefficient (Wildman–Crippen LogP) is 6.11. The number of carbonyl (C=O) groups is 1. The number of halogens is 1. The van der Waals surface area contributed by atoms with E-state index in [4.69, 9.17) is 20.8 Å². The van der Waals surface area contributed by atoms with E-state index in [1.165, 1.54) is 17.5 Å². The maximum atomic E-state index is 12.8. The minimum Gasteiger partial charge on any atom is -0.486 e. The second-order valence-corrected chi connectivity index (χ2v) is 9.06. The van der Waals surface area contributed by atoms with Crippen molar-refractivity contribution < 1.29 is 13.9 Å². The zero-order valence-corrected chi connectivity index (χ0v) is 20.0. The number of rotatable bonds is 7. The minimum absolute atomic E-state index is 0.231. The largest absolute Gasteiger partial charge is 0.486 e. The van der Waals surface area contributed by atoms with Crippen LogP contribution in [0.3, 0.4) is 0 Å². The summed E-state index contributed by atoms with van der Waals surface area (Å²) in [6.07, 6.45) is 3.45. The lowest BCUT2D eigenvalue weighted by Gasteiger charge is -2.07. The summed E-state index contributed by atoms with van der Waals surface area (Å²) in [4.78, 5) is 12.8. The molecule has 1 aliphatic carbocycles. The molecule has 5 rings (SSSR count). The van der Waals surface area contributed by atoms with E-state index in [1.54, 1.807) is 12.1 Å². The zero-order valence-electron chi connectivity index (χ0n) is 19.2. The van der Waals surface area contributed by atoms with Crippen LogP contribution in [-0.4, -0.2) is 15.7 Å². The highest BCUT2D eigenvalue weighted by molar-refractivity contribution is 6.30. The molecule has 0 fully saturated rings. The van der Waals surface area contributed by atoms with Crippen LogP contribution in [0.1, 0.15) is 50.8 Å². The minimum atomic E-state index is -0.322. The Kier molecular flexibility index (Phi) is 6.16. The van der Waals surface area contributed by atoms with E-state index in [2.05, 4.69) is 22.5 Å². The first-order valence-corrected chi connectivity index (χ1v) is 11.8. The number of amides is 1. The number of hydrogen-bond acceptors (Lipinski definition) is 4. The molecule has 0 radical (unpaired) electrons. The third-order valence-electron chi connectivity index (χ3n) is 6.18. The number of fused-ring (bicyclic) bond motifs is 1. The van der Waals surface area contributed by atoms with E-state index in [0.29, 0.717) is 23.0 Å². The second-order valence-electron chi connectivity index (χ2n) is 8.63. The second kappa shape index (κ2) is 9.39. The molecule has 1 amide bonds. The maximum Gasteiger partial charge on any atom is 0.291 e. The van der Waals surface area contributed by atoms with Crippen LogP contribution >= 0.6 is 11.6 Å². The van der Waals surface area contributed by atoms with E-state index in [0.717, 1.165) is 35.5 Å². The lowest BCUT2D eigenvalue weighted by atomic mass is 10.1. The number of nitrogens with one attached hydrogen (secondary N) is 1. The molecule has 0 saturated heterocycles. The van der Waals surface area contributed by atoms with Gasteiger partial charge in [0.05, 0.1) is 23.6 Å². The van der Waals surface area contributed by atoms with Gasteiger partial charge in [-0.3, -0.25) is 9.48 Å². The molecule has 0 aliphatic heterocycles. The lowest BCUT2D eigenvalue weighted by Crippen LogP contribution is -2.12. The average molecular weight is 476 g/mol. The fourth-order valence-corrected chi connectivity index (χ4v) is 4.60. The molecule has 7 heteroatoms. The van der Waals surface area contributed by atoms with Crippen LogP contribution in [0.4, 0.5) is 5.69 Å². The molecule has 0 bridgehead atoms. The van der Waals surface area contributed by atoms with Gasteiger partial charge in [0.2, 0.25) is 0 Å². The Hall–Kier alpha value is -3.51. The van der Waals surface area contributed by atoms with E-state index in [9.17, 15) is 4.79 Å². The molecule has 0 unspecified atom stereocenters. The first kappa shape index (κ1) is 22.3. The molecule has 0 atom stereocenters. The van der Waals surface area contributed by atoms with Gasteiger partial charge in [0, 0.05) is 5.02 Å². The first-order valence-electron chi connectivity index (χ1n) is 11.4. The molecule has 2 heterocycles. The van der Waals surface area contributed by atoms with Crippen LogP contribution in [0.5, 0.6) is 5.75 Å². The fraction of sp³-hybridized carbons (Fsp3) is 0.259. The molecular formula is C27H26ClN3O3. The van der Waals surface area contributed by atoms with E-state index in [1.807, 2.05) is 48.9 Å². The van der Waals surface area contributed by atoms with Crippen LogP contribution < -0.4 is 10.1 Å². The highest BCUT2D eigenvalue weighted by atomic mass is 35.5. The van der Waals surface area contributed by atoms with Gasteiger partial charge in [0.1, 0.15) is 18.1 Å². The van der Waals surface area contributed by atoms with Gasteiger partial charge in [0.15, 0.2) is 5.76 Å². The fourth-order valence-electron chi connectivity index (χ4n) is 4.39. The van der Waals surface area contributed by atoms with Crippen LogP contribution in [0.15, 0.2) is 59.0 Å². The highest BCUT2D eigenvalue weighted by Gasteiger charge is 2.18. The van der Waals surface area contributed by atoms with Crippen molar-refractivity contribution in [1.82, 2.24) is 9.78 Å². The Labute approximate surface area is 203 Å². The molecule has 6 nitrogen and oxygen atoms in total. The van der Waals surface area contributed by atoms with Crippen molar-refractivity contribution in [3.8, 4) is 5.75 Å². The summed E-state index contributed by atoms with van der Waals surface area (Å²) in [7, 11) is 0. The van der Waals surface area contributed by atoms with Crippen LogP contribution in [0.2, 0.25) is 5.02 Å². The summed E-state index contributed by atoms with van der Waals surface area (Å²) < 4.78 is 13.5. The molecule has 0 spiro atoms. The van der Waals surface area contributed by atoms with Crippen molar-refractivity contribution in [3.05, 3.63) is 99.2 Å². The van der Waals surface area contributed by atoms with Gasteiger partial charge < -0.3 is 14.5 Å². The number of benzene rings is 2. The Bertz CT molecular complexity index is 1360. The lowest BCUT2D eigenvalue weighted by molar-refractivity contribution is 0.0992. The smallest absolute Gasteiger partial charge is 0.291 e. The van der Waals surface area contributed by atoms with Crippen LogP contribution in [-0.2, 0) is 26.0 Å². The van der Waals surface area contributed by atoms with Gasteiger partial charge in [-0.1, -0.05) is 29.8 Å². The zero-order chi connectivity index (χ0) is 23.7. The quantitative estimate of drug-likeness (QED) is 0.350. The number of anilines is 1. The summed E-state index contributed by atoms with van der Waals surface area (Å²) in [5.74, 6) is 1.32.